The second-order valence-electron chi connectivity index (χ2n) is 6.23. The number of hydrogen-bond acceptors (Lipinski definition) is 3. The maximum atomic E-state index is 12.5. The highest BCUT2D eigenvalue weighted by atomic mass is 16.3. The third-order valence-corrected chi connectivity index (χ3v) is 3.82. The molecule has 5 heteroatoms. The van der Waals surface area contributed by atoms with Crippen molar-refractivity contribution in [1.82, 2.24) is 15.3 Å². The van der Waals surface area contributed by atoms with Crippen LogP contribution < -0.4 is 5.32 Å². The molecule has 0 spiro atoms. The van der Waals surface area contributed by atoms with E-state index in [1.54, 1.807) is 6.07 Å². The number of nitrogens with one attached hydrogen (secondary N) is 2. The van der Waals surface area contributed by atoms with Crippen LogP contribution in [0.25, 0.3) is 11.0 Å². The second-order valence-corrected chi connectivity index (χ2v) is 6.23. The number of aromatic amines is 1. The van der Waals surface area contributed by atoms with Crippen molar-refractivity contribution >= 4 is 16.9 Å². The number of para-hydroxylation sites is 2. The van der Waals surface area contributed by atoms with Gasteiger partial charge in [0.2, 0.25) is 0 Å². The fourth-order valence-corrected chi connectivity index (χ4v) is 2.68. The van der Waals surface area contributed by atoms with Crippen LogP contribution in [0.3, 0.4) is 0 Å². The maximum absolute atomic E-state index is 12.5. The molecule has 2 N–H and O–H groups in total. The molecule has 120 valence electrons. The van der Waals surface area contributed by atoms with Gasteiger partial charge in [0.25, 0.3) is 5.91 Å². The van der Waals surface area contributed by atoms with Crippen molar-refractivity contribution in [2.45, 2.75) is 33.2 Å². The number of aryl methyl sites for hydroxylation is 1. The number of H-pyrrole nitrogens is 1. The number of amides is 1. The van der Waals surface area contributed by atoms with Crippen molar-refractivity contribution in [2.24, 2.45) is 5.92 Å². The van der Waals surface area contributed by atoms with E-state index in [4.69, 9.17) is 4.42 Å². The first kappa shape index (κ1) is 15.3. The summed E-state index contributed by atoms with van der Waals surface area (Å²) in [6.07, 6.45) is 2.33. The Labute approximate surface area is 135 Å². The van der Waals surface area contributed by atoms with E-state index in [0.29, 0.717) is 11.7 Å². The number of fused-ring (bicyclic) bond motifs is 1. The fourth-order valence-electron chi connectivity index (χ4n) is 2.68. The van der Waals surface area contributed by atoms with Crippen LogP contribution in [0.15, 0.2) is 41.0 Å². The Morgan fingerprint density at radius 1 is 1.30 bits per heavy atom. The molecule has 1 amide bonds. The minimum absolute atomic E-state index is 0.181. The van der Waals surface area contributed by atoms with E-state index in [1.165, 1.54) is 6.26 Å². The van der Waals surface area contributed by atoms with Crippen LogP contribution in [0.4, 0.5) is 0 Å². The predicted molar refractivity (Wildman–Crippen MR) is 89.2 cm³/mol. The Bertz CT molecular complexity index is 783. The zero-order valence-corrected chi connectivity index (χ0v) is 13.6. The van der Waals surface area contributed by atoms with Crippen molar-refractivity contribution < 1.29 is 9.21 Å². The number of carbonyl (C=O) groups excluding carboxylic acids is 1. The minimum Gasteiger partial charge on any atom is -0.459 e. The van der Waals surface area contributed by atoms with Crippen LogP contribution in [-0.4, -0.2) is 15.9 Å². The molecule has 2 aromatic heterocycles. The first-order chi connectivity index (χ1) is 11.0. The summed E-state index contributed by atoms with van der Waals surface area (Å²) in [6.45, 7) is 6.11. The number of carbonyl (C=O) groups is 1. The van der Waals surface area contributed by atoms with E-state index in [1.807, 2.05) is 31.2 Å². The topological polar surface area (TPSA) is 70.9 Å². The normalized spacial score (nSPS) is 12.7. The van der Waals surface area contributed by atoms with Crippen LogP contribution in [0.2, 0.25) is 0 Å². The Morgan fingerprint density at radius 2 is 2.09 bits per heavy atom. The standard InChI is InChI=1S/C18H21N3O2/c1-11(2)10-15(21-18(22)16-12(3)8-9-23-16)17-19-13-6-4-5-7-14(13)20-17/h4-9,11,15H,10H2,1-3H3,(H,19,20)(H,21,22). The summed E-state index contributed by atoms with van der Waals surface area (Å²) in [5.74, 6) is 1.34. The van der Waals surface area contributed by atoms with E-state index in [0.717, 1.165) is 28.8 Å². The SMILES string of the molecule is Cc1ccoc1C(=O)NC(CC(C)C)c1nc2ccccc2[nH]1. The van der Waals surface area contributed by atoms with Gasteiger partial charge in [-0.3, -0.25) is 4.79 Å². The molecule has 0 aliphatic rings. The van der Waals surface area contributed by atoms with Crippen molar-refractivity contribution in [2.75, 3.05) is 0 Å². The number of imidazole rings is 1. The van der Waals surface area contributed by atoms with E-state index in [2.05, 4.69) is 29.1 Å². The van der Waals surface area contributed by atoms with E-state index < -0.39 is 0 Å². The van der Waals surface area contributed by atoms with Gasteiger partial charge < -0.3 is 14.7 Å². The number of aromatic nitrogens is 2. The van der Waals surface area contributed by atoms with Crippen LogP contribution in [-0.2, 0) is 0 Å². The first-order valence-corrected chi connectivity index (χ1v) is 7.84. The third kappa shape index (κ3) is 3.28. The largest absolute Gasteiger partial charge is 0.459 e. The highest BCUT2D eigenvalue weighted by Crippen LogP contribution is 2.23. The molecular formula is C18H21N3O2. The van der Waals surface area contributed by atoms with Crippen LogP contribution in [0.1, 0.15) is 48.3 Å². The Balaban J connectivity index is 1.88. The van der Waals surface area contributed by atoms with Crippen molar-refractivity contribution in [3.63, 3.8) is 0 Å². The van der Waals surface area contributed by atoms with Gasteiger partial charge in [0.1, 0.15) is 5.82 Å². The van der Waals surface area contributed by atoms with E-state index >= 15 is 0 Å². The number of nitrogens with zero attached hydrogens (tertiary/aromatic N) is 1. The summed E-state index contributed by atoms with van der Waals surface area (Å²) in [5.41, 5.74) is 2.70. The summed E-state index contributed by atoms with van der Waals surface area (Å²) in [6, 6.07) is 9.46. The van der Waals surface area contributed by atoms with Gasteiger partial charge in [-0.2, -0.15) is 0 Å². The average molecular weight is 311 g/mol. The molecule has 1 atom stereocenters. The quantitative estimate of drug-likeness (QED) is 0.748. The van der Waals surface area contributed by atoms with Gasteiger partial charge in [-0.25, -0.2) is 4.98 Å². The molecule has 0 aliphatic heterocycles. The zero-order chi connectivity index (χ0) is 16.4. The lowest BCUT2D eigenvalue weighted by molar-refractivity contribution is 0.0901. The van der Waals surface area contributed by atoms with Crippen LogP contribution in [0.5, 0.6) is 0 Å². The number of hydrogen-bond donors (Lipinski definition) is 2. The first-order valence-electron chi connectivity index (χ1n) is 7.84. The number of furan rings is 1. The summed E-state index contributed by atoms with van der Waals surface area (Å²) in [4.78, 5) is 20.4. The fraction of sp³-hybridized carbons (Fsp3) is 0.333. The molecule has 1 aromatic carbocycles. The summed E-state index contributed by atoms with van der Waals surface area (Å²) in [7, 11) is 0. The molecule has 0 bridgehead atoms. The molecule has 5 nitrogen and oxygen atoms in total. The van der Waals surface area contributed by atoms with E-state index in [-0.39, 0.29) is 11.9 Å². The highest BCUT2D eigenvalue weighted by molar-refractivity contribution is 5.93. The molecule has 23 heavy (non-hydrogen) atoms. The molecule has 1 unspecified atom stereocenters. The monoisotopic (exact) mass is 311 g/mol. The molecule has 3 rings (SSSR count). The minimum atomic E-state index is -0.210. The van der Waals surface area contributed by atoms with Gasteiger partial charge in [0, 0.05) is 5.56 Å². The van der Waals surface area contributed by atoms with Gasteiger partial charge in [-0.05, 0) is 37.5 Å². The van der Waals surface area contributed by atoms with Crippen molar-refractivity contribution in [3.05, 3.63) is 53.7 Å². The Morgan fingerprint density at radius 3 is 2.74 bits per heavy atom. The molecule has 0 aliphatic carbocycles. The van der Waals surface area contributed by atoms with Crippen molar-refractivity contribution in [1.29, 1.82) is 0 Å². The molecular weight excluding hydrogens is 290 g/mol. The lowest BCUT2D eigenvalue weighted by atomic mass is 10.0. The van der Waals surface area contributed by atoms with Crippen LogP contribution >= 0.6 is 0 Å². The lowest BCUT2D eigenvalue weighted by Gasteiger charge is -2.18. The summed E-state index contributed by atoms with van der Waals surface area (Å²) < 4.78 is 5.28. The summed E-state index contributed by atoms with van der Waals surface area (Å²) in [5, 5.41) is 3.04. The molecule has 0 saturated carbocycles. The van der Waals surface area contributed by atoms with Gasteiger partial charge in [-0.15, -0.1) is 0 Å². The third-order valence-electron chi connectivity index (χ3n) is 3.82. The zero-order valence-electron chi connectivity index (χ0n) is 13.6. The summed E-state index contributed by atoms with van der Waals surface area (Å²) >= 11 is 0. The number of benzene rings is 1. The van der Waals surface area contributed by atoms with Gasteiger partial charge in [0.15, 0.2) is 5.76 Å². The van der Waals surface area contributed by atoms with Crippen LogP contribution in [0, 0.1) is 12.8 Å². The van der Waals surface area contributed by atoms with Crippen molar-refractivity contribution in [3.8, 4) is 0 Å². The molecule has 2 heterocycles. The van der Waals surface area contributed by atoms with Gasteiger partial charge in [-0.1, -0.05) is 26.0 Å². The predicted octanol–water partition coefficient (Wildman–Crippen LogP) is 3.98. The lowest BCUT2D eigenvalue weighted by Crippen LogP contribution is -2.30. The smallest absolute Gasteiger partial charge is 0.287 e. The molecule has 0 radical (unpaired) electrons. The van der Waals surface area contributed by atoms with Gasteiger partial charge >= 0.3 is 0 Å². The molecule has 0 saturated heterocycles. The van der Waals surface area contributed by atoms with Gasteiger partial charge in [0.05, 0.1) is 23.3 Å². The van der Waals surface area contributed by atoms with E-state index in [9.17, 15) is 4.79 Å². The molecule has 3 aromatic rings. The maximum Gasteiger partial charge on any atom is 0.287 e. The Hall–Kier alpha value is -2.56. The average Bonchev–Trinajstić information content (AvgIpc) is 3.11. The highest BCUT2D eigenvalue weighted by Gasteiger charge is 2.22. The Kier molecular flexibility index (Phi) is 4.19. The number of rotatable bonds is 5. The molecule has 0 fully saturated rings. The second kappa shape index (κ2) is 6.28.